The topological polar surface area (TPSA) is 18.5 Å². The number of ether oxygens (including phenoxy) is 2. The molecule has 1 aliphatic heterocycles. The van der Waals surface area contributed by atoms with Crippen LogP contribution in [0.5, 0.6) is 11.5 Å². The third kappa shape index (κ3) is 2.50. The molecule has 0 aromatic heterocycles. The van der Waals surface area contributed by atoms with E-state index in [4.69, 9.17) is 33.9 Å². The highest BCUT2D eigenvalue weighted by molar-refractivity contribution is 8.90. The van der Waals surface area contributed by atoms with Crippen molar-refractivity contribution in [3.8, 4) is 11.5 Å². The second-order valence-corrected chi connectivity index (χ2v) is 13.9. The lowest BCUT2D eigenvalue weighted by atomic mass is 10.2. The van der Waals surface area contributed by atoms with E-state index < -0.39 is 5.24 Å². The molecule has 1 aliphatic rings. The third-order valence-electron chi connectivity index (χ3n) is 3.50. The van der Waals surface area contributed by atoms with Crippen LogP contribution in [0.2, 0.25) is 0 Å². The van der Waals surface area contributed by atoms with Crippen LogP contribution >= 0.6 is 29.3 Å². The minimum atomic E-state index is -1.75. The third-order valence-corrected chi connectivity index (χ3v) is 14.7. The van der Waals surface area contributed by atoms with Crippen LogP contribution in [0.3, 0.4) is 0 Å². The number of rotatable bonds is 4. The minimum absolute atomic E-state index is 0.275. The summed E-state index contributed by atoms with van der Waals surface area (Å²) in [5.74, 6) is 1.69. The zero-order chi connectivity index (χ0) is 15.1. The van der Waals surface area contributed by atoms with Gasteiger partial charge in [0.15, 0.2) is 0 Å². The van der Waals surface area contributed by atoms with Crippen molar-refractivity contribution in [1.29, 1.82) is 0 Å². The summed E-state index contributed by atoms with van der Waals surface area (Å²) >= 11 is 12.6. The summed E-state index contributed by atoms with van der Waals surface area (Å²) in [6.45, 7) is 0. The van der Waals surface area contributed by atoms with Gasteiger partial charge in [0, 0.05) is 0 Å². The summed E-state index contributed by atoms with van der Waals surface area (Å²) in [6.07, 6.45) is 0. The fraction of sp³-hybridized carbons (Fsp3) is 0.200. The van der Waals surface area contributed by atoms with Crippen LogP contribution in [0.15, 0.2) is 48.5 Å². The molecule has 0 saturated carbocycles. The van der Waals surface area contributed by atoms with Crippen molar-refractivity contribution >= 4 is 46.4 Å². The average molecular weight is 354 g/mol. The first-order chi connectivity index (χ1) is 10.0. The van der Waals surface area contributed by atoms with E-state index in [0.717, 1.165) is 17.1 Å². The molecule has 21 heavy (non-hydrogen) atoms. The smallest absolute Gasteiger partial charge is 0.130 e. The molecule has 0 N–H and O–H groups in total. The van der Waals surface area contributed by atoms with Gasteiger partial charge in [-0.1, -0.05) is 35.3 Å². The SMILES string of the molecule is COc1ccc(C2(S)SP2(=S)c2ccc(OC)cc2)cc1. The van der Waals surface area contributed by atoms with Gasteiger partial charge in [-0.25, -0.2) is 0 Å². The Kier molecular flexibility index (Phi) is 4.04. The maximum Gasteiger partial charge on any atom is 0.130 e. The zero-order valence-electron chi connectivity index (χ0n) is 11.6. The van der Waals surface area contributed by atoms with E-state index >= 15 is 0 Å². The van der Waals surface area contributed by atoms with Crippen LogP contribution < -0.4 is 14.8 Å². The van der Waals surface area contributed by atoms with Gasteiger partial charge in [0.2, 0.25) is 0 Å². The van der Waals surface area contributed by atoms with Gasteiger partial charge < -0.3 is 9.47 Å². The summed E-state index contributed by atoms with van der Waals surface area (Å²) in [6, 6.07) is 16.1. The van der Waals surface area contributed by atoms with E-state index in [9.17, 15) is 0 Å². The average Bonchev–Trinajstić information content (AvgIpc) is 3.12. The molecule has 0 spiro atoms. The fourth-order valence-corrected chi connectivity index (χ4v) is 11.8. The predicted molar refractivity (Wildman–Crippen MR) is 98.2 cm³/mol. The highest BCUT2D eigenvalue weighted by Crippen LogP contribution is 2.97. The molecule has 2 atom stereocenters. The quantitative estimate of drug-likeness (QED) is 0.503. The predicted octanol–water partition coefficient (Wildman–Crippen LogP) is 4.21. The molecule has 2 aromatic rings. The van der Waals surface area contributed by atoms with Crippen LogP contribution in [-0.4, -0.2) is 14.2 Å². The Hall–Kier alpha value is -0.610. The highest BCUT2D eigenvalue weighted by Gasteiger charge is 2.61. The van der Waals surface area contributed by atoms with Crippen LogP contribution in [0.25, 0.3) is 0 Å². The Bertz CT molecular complexity index is 700. The molecule has 0 radical (unpaired) electrons. The molecule has 6 heteroatoms. The summed E-state index contributed by atoms with van der Waals surface area (Å²) in [4.78, 5) is 0. The lowest BCUT2D eigenvalue weighted by Gasteiger charge is -2.12. The molecule has 2 unspecified atom stereocenters. The van der Waals surface area contributed by atoms with Crippen molar-refractivity contribution < 1.29 is 9.47 Å². The summed E-state index contributed by atoms with van der Waals surface area (Å²) in [5, 5.41) is -0.559. The Morgan fingerprint density at radius 3 is 1.90 bits per heavy atom. The Morgan fingerprint density at radius 1 is 0.952 bits per heavy atom. The highest BCUT2D eigenvalue weighted by atomic mass is 33.0. The van der Waals surface area contributed by atoms with Crippen LogP contribution in [-0.2, 0) is 15.6 Å². The van der Waals surface area contributed by atoms with Crippen LogP contribution in [0, 0.1) is 0 Å². The fourth-order valence-electron chi connectivity index (χ4n) is 2.20. The second-order valence-electron chi connectivity index (χ2n) is 4.68. The van der Waals surface area contributed by atoms with Crippen molar-refractivity contribution in [3.05, 3.63) is 54.1 Å². The van der Waals surface area contributed by atoms with E-state index in [1.807, 2.05) is 24.3 Å². The molecule has 1 heterocycles. The second kappa shape index (κ2) is 5.54. The van der Waals surface area contributed by atoms with Crippen molar-refractivity contribution in [2.75, 3.05) is 14.2 Å². The Labute approximate surface area is 139 Å². The van der Waals surface area contributed by atoms with Gasteiger partial charge in [-0.2, -0.15) is 12.6 Å². The molecule has 2 aromatic carbocycles. The molecule has 0 bridgehead atoms. The number of thiol groups is 1. The summed E-state index contributed by atoms with van der Waals surface area (Å²) < 4.78 is 10.1. The molecule has 0 aliphatic carbocycles. The van der Waals surface area contributed by atoms with Gasteiger partial charge in [0.05, 0.1) is 19.5 Å². The van der Waals surface area contributed by atoms with E-state index in [1.54, 1.807) is 25.6 Å². The minimum Gasteiger partial charge on any atom is -0.497 e. The maximum absolute atomic E-state index is 5.95. The van der Waals surface area contributed by atoms with Crippen molar-refractivity contribution in [1.82, 2.24) is 0 Å². The Morgan fingerprint density at radius 2 is 1.43 bits per heavy atom. The first-order valence-corrected chi connectivity index (χ1v) is 11.0. The lowest BCUT2D eigenvalue weighted by molar-refractivity contribution is 0.414. The van der Waals surface area contributed by atoms with E-state index in [0.29, 0.717) is 0 Å². The number of benzene rings is 2. The monoisotopic (exact) mass is 354 g/mol. The summed E-state index contributed by atoms with van der Waals surface area (Å²) in [7, 11) is 3.33. The normalized spacial score (nSPS) is 27.2. The zero-order valence-corrected chi connectivity index (χ0v) is 15.1. The standard InChI is InChI=1S/C15H15O2PS3/c1-16-12-5-3-11(4-6-12)15(19)18(20,21-15)14-9-7-13(17-2)8-10-14/h3-10,19H,1-2H3. The largest absolute Gasteiger partial charge is 0.497 e. The molecule has 0 amide bonds. The maximum atomic E-state index is 5.95. The van der Waals surface area contributed by atoms with Crippen molar-refractivity contribution in [2.24, 2.45) is 0 Å². The first-order valence-electron chi connectivity index (χ1n) is 6.36. The van der Waals surface area contributed by atoms with Gasteiger partial charge in [0.1, 0.15) is 15.3 Å². The van der Waals surface area contributed by atoms with Gasteiger partial charge in [-0.15, -0.1) is 0 Å². The van der Waals surface area contributed by atoms with Crippen LogP contribution in [0.1, 0.15) is 5.56 Å². The number of hydrogen-bond donors (Lipinski definition) is 1. The van der Waals surface area contributed by atoms with Gasteiger partial charge >= 0.3 is 0 Å². The van der Waals surface area contributed by atoms with Crippen molar-refractivity contribution in [2.45, 2.75) is 3.82 Å². The van der Waals surface area contributed by atoms with Crippen LogP contribution in [0.4, 0.5) is 0 Å². The molecule has 3 rings (SSSR count). The Balaban J connectivity index is 1.91. The molecular formula is C15H15O2PS3. The van der Waals surface area contributed by atoms with Gasteiger partial charge in [-0.05, 0) is 47.3 Å². The van der Waals surface area contributed by atoms with Gasteiger partial charge in [-0.3, -0.25) is 0 Å². The lowest BCUT2D eigenvalue weighted by Crippen LogP contribution is -2.03. The molecule has 1 saturated heterocycles. The summed E-state index contributed by atoms with van der Waals surface area (Å²) in [5.41, 5.74) is 1.15. The number of hydrogen-bond acceptors (Lipinski definition) is 5. The molecule has 2 nitrogen and oxygen atoms in total. The van der Waals surface area contributed by atoms with Gasteiger partial charge in [0.25, 0.3) is 0 Å². The van der Waals surface area contributed by atoms with E-state index in [2.05, 4.69) is 24.3 Å². The molecular weight excluding hydrogens is 339 g/mol. The molecule has 1 fully saturated rings. The number of methoxy groups -OCH3 is 2. The first kappa shape index (κ1) is 15.3. The van der Waals surface area contributed by atoms with E-state index in [-0.39, 0.29) is 3.82 Å². The molecule has 110 valence electrons. The van der Waals surface area contributed by atoms with E-state index in [1.165, 1.54) is 5.30 Å². The van der Waals surface area contributed by atoms with Crippen molar-refractivity contribution in [3.63, 3.8) is 0 Å².